The SMILES string of the molecule is CCCCCCC[CH2][Sn]([O]C(=S)C(C)C1CCCCC1)([O]C(=S)C(C)C1CCCCC1)[O]C(=S)C(C)C1CCCCC1. The molecule has 42 heavy (non-hydrogen) atoms. The Morgan fingerprint density at radius 1 is 0.524 bits per heavy atom. The Morgan fingerprint density at radius 3 is 1.17 bits per heavy atom. The monoisotopic (exact) mass is 746 g/mol. The van der Waals surface area contributed by atoms with Gasteiger partial charge in [-0.25, -0.2) is 0 Å². The van der Waals surface area contributed by atoms with Crippen molar-refractivity contribution in [3.05, 3.63) is 0 Å². The first-order chi connectivity index (χ1) is 20.3. The van der Waals surface area contributed by atoms with Crippen molar-refractivity contribution in [3.63, 3.8) is 0 Å². The second-order valence-corrected chi connectivity index (χ2v) is 22.3. The Morgan fingerprint density at radius 2 is 0.833 bits per heavy atom. The van der Waals surface area contributed by atoms with Crippen LogP contribution in [0.5, 0.6) is 0 Å². The average molecular weight is 746 g/mol. The van der Waals surface area contributed by atoms with Crippen LogP contribution in [0.1, 0.15) is 163 Å². The van der Waals surface area contributed by atoms with E-state index in [9.17, 15) is 0 Å². The van der Waals surface area contributed by atoms with Crippen LogP contribution in [0.25, 0.3) is 0 Å². The molecule has 3 nitrogen and oxygen atoms in total. The predicted octanol–water partition coefficient (Wildman–Crippen LogP) is 12.0. The summed E-state index contributed by atoms with van der Waals surface area (Å²) in [6.07, 6.45) is 26.5. The van der Waals surface area contributed by atoms with Crippen LogP contribution in [0.15, 0.2) is 0 Å². The van der Waals surface area contributed by atoms with Gasteiger partial charge in [-0.3, -0.25) is 0 Å². The topological polar surface area (TPSA) is 27.7 Å². The summed E-state index contributed by atoms with van der Waals surface area (Å²) >= 11 is 14.0. The number of rotatable bonds is 16. The Hall–Kier alpha value is 0.469. The van der Waals surface area contributed by atoms with E-state index >= 15 is 0 Å². The van der Waals surface area contributed by atoms with Gasteiger partial charge in [0.25, 0.3) is 0 Å². The van der Waals surface area contributed by atoms with E-state index in [0.29, 0.717) is 32.9 Å². The summed E-state index contributed by atoms with van der Waals surface area (Å²) in [5.41, 5.74) is 0. The van der Waals surface area contributed by atoms with Crippen LogP contribution < -0.4 is 0 Å². The van der Waals surface area contributed by atoms with Gasteiger partial charge >= 0.3 is 283 Å². The molecule has 7 heteroatoms. The van der Waals surface area contributed by atoms with Gasteiger partial charge in [-0.15, -0.1) is 0 Å². The molecule has 0 amide bonds. The fraction of sp³-hybridized carbons (Fsp3) is 0.914. The van der Waals surface area contributed by atoms with Crippen molar-refractivity contribution in [1.82, 2.24) is 0 Å². The van der Waals surface area contributed by atoms with E-state index in [1.165, 1.54) is 122 Å². The Bertz CT molecular complexity index is 725. The molecule has 3 aliphatic rings. The third-order valence-electron chi connectivity index (χ3n) is 10.8. The van der Waals surface area contributed by atoms with Crippen molar-refractivity contribution in [2.24, 2.45) is 35.5 Å². The van der Waals surface area contributed by atoms with Gasteiger partial charge in [0.15, 0.2) is 0 Å². The molecule has 0 N–H and O–H groups in total. The Balaban J connectivity index is 1.83. The molecular formula is C35H62O3S3Sn. The van der Waals surface area contributed by atoms with Gasteiger partial charge in [0.05, 0.1) is 0 Å². The van der Waals surface area contributed by atoms with Gasteiger partial charge < -0.3 is 0 Å². The molecule has 0 saturated heterocycles. The summed E-state index contributed by atoms with van der Waals surface area (Å²) in [4.78, 5) is 0. The second kappa shape index (κ2) is 19.9. The van der Waals surface area contributed by atoms with Crippen LogP contribution in [0.3, 0.4) is 0 Å². The van der Waals surface area contributed by atoms with E-state index < -0.39 is 19.6 Å². The first kappa shape index (κ1) is 36.9. The number of hydrogen-bond donors (Lipinski definition) is 0. The van der Waals surface area contributed by atoms with E-state index in [2.05, 4.69) is 27.7 Å². The minimum absolute atomic E-state index is 0.224. The fourth-order valence-electron chi connectivity index (χ4n) is 7.56. The van der Waals surface area contributed by atoms with Gasteiger partial charge in [-0.2, -0.15) is 0 Å². The van der Waals surface area contributed by atoms with Gasteiger partial charge in [-0.1, -0.05) is 0 Å². The molecule has 0 bridgehead atoms. The quantitative estimate of drug-likeness (QED) is 0.0887. The first-order valence-electron chi connectivity index (χ1n) is 17.9. The molecule has 3 rings (SSSR count). The number of hydrogen-bond acceptors (Lipinski definition) is 6. The minimum atomic E-state index is -4.37. The third kappa shape index (κ3) is 12.0. The van der Waals surface area contributed by atoms with Crippen LogP contribution in [0, 0.1) is 35.5 Å². The van der Waals surface area contributed by atoms with E-state index in [0.717, 1.165) is 17.3 Å². The molecule has 0 spiro atoms. The molecule has 3 saturated carbocycles. The second-order valence-electron chi connectivity index (χ2n) is 14.0. The van der Waals surface area contributed by atoms with E-state index in [1.54, 1.807) is 0 Å². The number of thiocarbonyl (C=S) groups is 3. The van der Waals surface area contributed by atoms with Crippen LogP contribution in [-0.2, 0) is 9.22 Å². The van der Waals surface area contributed by atoms with Crippen LogP contribution >= 0.6 is 36.7 Å². The maximum atomic E-state index is 7.02. The fourth-order valence-corrected chi connectivity index (χ4v) is 18.1. The summed E-state index contributed by atoms with van der Waals surface area (Å²) in [5.74, 6) is 2.44. The molecule has 0 heterocycles. The molecule has 3 atom stereocenters. The zero-order chi connectivity index (χ0) is 30.4. The van der Waals surface area contributed by atoms with E-state index in [-0.39, 0.29) is 17.8 Å². The van der Waals surface area contributed by atoms with E-state index in [1.807, 2.05) is 0 Å². The molecule has 0 aliphatic heterocycles. The van der Waals surface area contributed by atoms with Crippen molar-refractivity contribution in [2.75, 3.05) is 0 Å². The van der Waals surface area contributed by atoms with Crippen molar-refractivity contribution >= 4 is 71.4 Å². The molecule has 0 radical (unpaired) electrons. The summed E-state index contributed by atoms with van der Waals surface area (Å²) in [5, 5.41) is 2.10. The Labute approximate surface area is 281 Å². The maximum absolute atomic E-state index is 7.02. The third-order valence-corrected chi connectivity index (χ3v) is 20.7. The molecular weight excluding hydrogens is 683 g/mol. The summed E-state index contributed by atoms with van der Waals surface area (Å²) in [6, 6.07) is 0. The summed E-state index contributed by atoms with van der Waals surface area (Å²) in [6.45, 7) is 9.08. The van der Waals surface area contributed by atoms with Gasteiger partial charge in [0, 0.05) is 0 Å². The summed E-state index contributed by atoms with van der Waals surface area (Å²) in [7, 11) is 0. The standard InChI is InChI=1S/3C9H16OS.C8H17.Sn/c3*1-7(9(10)11)8-5-3-2-4-6-8;1-3-5-7-8-6-4-2;/h3*7-8H,2-6H2,1H3,(H,10,11);1,3-8H2,2H3;/q;;;;+3/p-3. The molecule has 242 valence electrons. The van der Waals surface area contributed by atoms with Crippen LogP contribution in [0.2, 0.25) is 4.44 Å². The van der Waals surface area contributed by atoms with Crippen LogP contribution in [0.4, 0.5) is 0 Å². The average Bonchev–Trinajstić information content (AvgIpc) is 3.02. The molecule has 0 aromatic heterocycles. The van der Waals surface area contributed by atoms with Crippen molar-refractivity contribution in [3.8, 4) is 0 Å². The van der Waals surface area contributed by atoms with Gasteiger partial charge in [-0.05, 0) is 0 Å². The Kier molecular flexibility index (Phi) is 17.5. The van der Waals surface area contributed by atoms with Gasteiger partial charge in [0.1, 0.15) is 0 Å². The number of unbranched alkanes of at least 4 members (excludes halogenated alkanes) is 5. The van der Waals surface area contributed by atoms with Crippen LogP contribution in [-0.4, -0.2) is 34.8 Å². The van der Waals surface area contributed by atoms with Gasteiger partial charge in [0.2, 0.25) is 0 Å². The molecule has 3 unspecified atom stereocenters. The van der Waals surface area contributed by atoms with Crippen molar-refractivity contribution in [2.45, 2.75) is 167 Å². The predicted molar refractivity (Wildman–Crippen MR) is 192 cm³/mol. The zero-order valence-corrected chi connectivity index (χ0v) is 32.8. The molecule has 0 aromatic rings. The summed E-state index contributed by atoms with van der Waals surface area (Å²) < 4.78 is 21.9. The molecule has 0 aromatic carbocycles. The molecule has 3 fully saturated rings. The normalized spacial score (nSPS) is 22.9. The van der Waals surface area contributed by atoms with Crippen molar-refractivity contribution < 1.29 is 9.22 Å². The first-order valence-corrected chi connectivity index (χ1v) is 24.7. The van der Waals surface area contributed by atoms with Crippen molar-refractivity contribution in [1.29, 1.82) is 0 Å². The molecule has 3 aliphatic carbocycles. The zero-order valence-electron chi connectivity index (χ0n) is 27.5. The van der Waals surface area contributed by atoms with E-state index in [4.69, 9.17) is 45.9 Å².